The van der Waals surface area contributed by atoms with Gasteiger partial charge in [-0.15, -0.1) is 0 Å². The summed E-state index contributed by atoms with van der Waals surface area (Å²) in [5, 5.41) is 13.0. The summed E-state index contributed by atoms with van der Waals surface area (Å²) in [7, 11) is 1.49. The molecule has 35 heavy (non-hydrogen) atoms. The quantitative estimate of drug-likeness (QED) is 0.545. The second-order valence-corrected chi connectivity index (χ2v) is 8.47. The Bertz CT molecular complexity index is 1260. The molecule has 9 nitrogen and oxygen atoms in total. The van der Waals surface area contributed by atoms with Gasteiger partial charge in [-0.25, -0.2) is 15.0 Å². The van der Waals surface area contributed by atoms with E-state index in [4.69, 9.17) is 4.74 Å². The van der Waals surface area contributed by atoms with Crippen LogP contribution in [0.5, 0.6) is 0 Å². The number of piperidine rings is 1. The normalized spacial score (nSPS) is 15.7. The number of methoxy groups -OCH3 is 1. The first-order valence-electron chi connectivity index (χ1n) is 11.1. The van der Waals surface area contributed by atoms with Crippen molar-refractivity contribution < 1.29 is 22.7 Å². The average molecular weight is 487 g/mol. The number of aromatic nitrogens is 4. The number of pyridine rings is 1. The molecule has 3 aromatic rings. The number of hydrogen-bond acceptors (Lipinski definition) is 7. The van der Waals surface area contributed by atoms with Gasteiger partial charge in [0.15, 0.2) is 0 Å². The van der Waals surface area contributed by atoms with E-state index in [1.165, 1.54) is 19.5 Å². The largest absolute Gasteiger partial charge is 0.417 e. The number of hydrogen-bond donors (Lipinski definition) is 2. The maximum Gasteiger partial charge on any atom is 0.417 e. The zero-order valence-corrected chi connectivity index (χ0v) is 19.2. The molecular formula is C23H24F3N7O2. The van der Waals surface area contributed by atoms with Crippen LogP contribution in [0.2, 0.25) is 0 Å². The molecule has 4 heterocycles. The number of aromatic amines is 1. The summed E-state index contributed by atoms with van der Waals surface area (Å²) in [5.41, 5.74) is 0.0446. The molecule has 1 unspecified atom stereocenters. The summed E-state index contributed by atoms with van der Waals surface area (Å²) >= 11 is 0. The predicted molar refractivity (Wildman–Crippen MR) is 121 cm³/mol. The molecule has 1 aliphatic rings. The fourth-order valence-electron chi connectivity index (χ4n) is 4.28. The molecule has 184 valence electrons. The van der Waals surface area contributed by atoms with Gasteiger partial charge in [-0.3, -0.25) is 4.79 Å². The van der Waals surface area contributed by atoms with Gasteiger partial charge in [-0.2, -0.15) is 18.4 Å². The van der Waals surface area contributed by atoms with Crippen LogP contribution in [0.1, 0.15) is 30.9 Å². The molecule has 0 spiro atoms. The lowest BCUT2D eigenvalue weighted by Crippen LogP contribution is -2.43. The number of alkyl halides is 3. The third kappa shape index (κ3) is 5.19. The van der Waals surface area contributed by atoms with E-state index in [0.29, 0.717) is 18.7 Å². The van der Waals surface area contributed by atoms with Gasteiger partial charge in [-0.05, 0) is 31.7 Å². The summed E-state index contributed by atoms with van der Waals surface area (Å²) < 4.78 is 44.6. The number of fused-ring (bicyclic) bond motifs is 1. The fraction of sp³-hybridized carbons (Fsp3) is 0.435. The molecule has 0 bridgehead atoms. The zero-order chi connectivity index (χ0) is 25.2. The van der Waals surface area contributed by atoms with Crippen LogP contribution in [-0.2, 0) is 15.7 Å². The van der Waals surface area contributed by atoms with Crippen LogP contribution < -0.4 is 5.32 Å². The van der Waals surface area contributed by atoms with E-state index < -0.39 is 11.7 Å². The number of nitrogens with one attached hydrogen (secondary N) is 2. The number of nitrogens with zero attached hydrogens (tertiary/aromatic N) is 5. The molecule has 2 N–H and O–H groups in total. The van der Waals surface area contributed by atoms with Crippen LogP contribution in [0.25, 0.3) is 22.3 Å². The SMILES string of the molecule is COCC(=O)N1CCC(C(C)Nc2ncc(C#N)c(-c3c[nH]c4ncc(C(F)(F)F)cc34)n2)CC1. The van der Waals surface area contributed by atoms with E-state index in [1.807, 2.05) is 13.0 Å². The molecular weight excluding hydrogens is 463 g/mol. The lowest BCUT2D eigenvalue weighted by atomic mass is 9.90. The standard InChI is InChI=1S/C23H24F3N7O2/c1-13(14-3-5-33(6-4-14)19(34)12-35-2)31-22-30-9-15(8-27)20(32-22)18-11-29-21-17(18)7-16(10-28-21)23(24,25)26/h7,9-11,13-14H,3-6,12H2,1-2H3,(H,28,29)(H,30,31,32). The second kappa shape index (κ2) is 9.87. The van der Waals surface area contributed by atoms with Crippen LogP contribution in [0.15, 0.2) is 24.7 Å². The Hall–Kier alpha value is -3.72. The highest BCUT2D eigenvalue weighted by molar-refractivity contribution is 5.94. The van der Waals surface area contributed by atoms with Crippen molar-refractivity contribution in [2.75, 3.05) is 32.1 Å². The van der Waals surface area contributed by atoms with E-state index in [-0.39, 0.29) is 52.7 Å². The van der Waals surface area contributed by atoms with Crippen molar-refractivity contribution in [3.05, 3.63) is 35.8 Å². The summed E-state index contributed by atoms with van der Waals surface area (Å²) in [6.07, 6.45) is 0.633. The first kappa shape index (κ1) is 24.4. The molecule has 0 radical (unpaired) electrons. The fourth-order valence-corrected chi connectivity index (χ4v) is 4.28. The lowest BCUT2D eigenvalue weighted by Gasteiger charge is -2.35. The van der Waals surface area contributed by atoms with Crippen molar-refractivity contribution in [2.45, 2.75) is 32.0 Å². The first-order valence-corrected chi connectivity index (χ1v) is 11.1. The minimum atomic E-state index is -4.55. The maximum absolute atomic E-state index is 13.2. The molecule has 1 amide bonds. The number of likely N-dealkylation sites (tertiary alicyclic amines) is 1. The number of carbonyl (C=O) groups is 1. The minimum absolute atomic E-state index is 0.0306. The molecule has 1 aliphatic heterocycles. The summed E-state index contributed by atoms with van der Waals surface area (Å²) in [6.45, 7) is 3.31. The molecule has 1 atom stereocenters. The van der Waals surface area contributed by atoms with Crippen molar-refractivity contribution >= 4 is 22.9 Å². The van der Waals surface area contributed by atoms with Gasteiger partial charge in [0.05, 0.1) is 23.0 Å². The first-order chi connectivity index (χ1) is 16.7. The molecule has 4 rings (SSSR count). The number of H-pyrrole nitrogens is 1. The number of rotatable bonds is 6. The third-order valence-electron chi connectivity index (χ3n) is 6.25. The van der Waals surface area contributed by atoms with Crippen molar-refractivity contribution in [1.29, 1.82) is 5.26 Å². The number of amides is 1. The Morgan fingerprint density at radius 3 is 2.74 bits per heavy atom. The number of anilines is 1. The molecule has 1 saturated heterocycles. The molecule has 12 heteroatoms. The van der Waals surface area contributed by atoms with E-state index >= 15 is 0 Å². The Balaban J connectivity index is 1.55. The van der Waals surface area contributed by atoms with Gasteiger partial charge in [-0.1, -0.05) is 0 Å². The summed E-state index contributed by atoms with van der Waals surface area (Å²) in [6, 6.07) is 2.97. The molecule has 1 fully saturated rings. The van der Waals surface area contributed by atoms with E-state index in [2.05, 4.69) is 25.3 Å². The zero-order valence-electron chi connectivity index (χ0n) is 19.2. The van der Waals surface area contributed by atoms with E-state index in [9.17, 15) is 23.2 Å². The predicted octanol–water partition coefficient (Wildman–Crippen LogP) is 3.60. The molecule has 0 saturated carbocycles. The highest BCUT2D eigenvalue weighted by Gasteiger charge is 2.32. The topological polar surface area (TPSA) is 120 Å². The highest BCUT2D eigenvalue weighted by Crippen LogP contribution is 2.35. The van der Waals surface area contributed by atoms with Crippen LogP contribution >= 0.6 is 0 Å². The average Bonchev–Trinajstić information content (AvgIpc) is 3.27. The number of halogens is 3. The highest BCUT2D eigenvalue weighted by atomic mass is 19.4. The Morgan fingerprint density at radius 1 is 1.34 bits per heavy atom. The molecule has 0 aromatic carbocycles. The number of carbonyl (C=O) groups excluding carboxylic acids is 1. The summed E-state index contributed by atoms with van der Waals surface area (Å²) in [5.74, 6) is 0.489. The number of ether oxygens (including phenoxy) is 1. The van der Waals surface area contributed by atoms with Crippen molar-refractivity contribution in [3.63, 3.8) is 0 Å². The minimum Gasteiger partial charge on any atom is -0.375 e. The monoisotopic (exact) mass is 487 g/mol. The van der Waals surface area contributed by atoms with Crippen molar-refractivity contribution in [2.24, 2.45) is 5.92 Å². The van der Waals surface area contributed by atoms with Gasteiger partial charge in [0, 0.05) is 49.6 Å². The van der Waals surface area contributed by atoms with Gasteiger partial charge in [0.2, 0.25) is 11.9 Å². The Kier molecular flexibility index (Phi) is 6.88. The van der Waals surface area contributed by atoms with Crippen LogP contribution in [0, 0.1) is 17.2 Å². The van der Waals surface area contributed by atoms with Crippen LogP contribution in [0.3, 0.4) is 0 Å². The lowest BCUT2D eigenvalue weighted by molar-refractivity contribution is -0.138. The molecule has 0 aliphatic carbocycles. The van der Waals surface area contributed by atoms with Crippen LogP contribution in [-0.4, -0.2) is 63.6 Å². The Morgan fingerprint density at radius 2 is 2.09 bits per heavy atom. The van der Waals surface area contributed by atoms with Gasteiger partial charge < -0.3 is 19.9 Å². The van der Waals surface area contributed by atoms with Crippen molar-refractivity contribution in [3.8, 4) is 17.3 Å². The van der Waals surface area contributed by atoms with Crippen LogP contribution in [0.4, 0.5) is 19.1 Å². The molecule has 3 aromatic heterocycles. The number of nitriles is 1. The second-order valence-electron chi connectivity index (χ2n) is 8.47. The van der Waals surface area contributed by atoms with Gasteiger partial charge >= 0.3 is 6.18 Å². The van der Waals surface area contributed by atoms with Gasteiger partial charge in [0.1, 0.15) is 18.3 Å². The smallest absolute Gasteiger partial charge is 0.375 e. The summed E-state index contributed by atoms with van der Waals surface area (Å²) in [4.78, 5) is 29.2. The Labute approximate surface area is 199 Å². The third-order valence-corrected chi connectivity index (χ3v) is 6.25. The van der Waals surface area contributed by atoms with Crippen molar-refractivity contribution in [1.82, 2.24) is 24.8 Å². The van der Waals surface area contributed by atoms with E-state index in [1.54, 1.807) is 4.90 Å². The van der Waals surface area contributed by atoms with Gasteiger partial charge in [0.25, 0.3) is 0 Å². The van der Waals surface area contributed by atoms with E-state index in [0.717, 1.165) is 25.1 Å². The maximum atomic E-state index is 13.2.